The lowest BCUT2D eigenvalue weighted by Gasteiger charge is -2.04. The number of hydrogen-bond acceptors (Lipinski definition) is 14. The molecule has 7 rings (SSSR count). The molecule has 7 aromatic rings. The number of hydrogen-bond donors (Lipinski definition) is 8. The number of imidazole rings is 3. The van der Waals surface area contributed by atoms with Gasteiger partial charge < -0.3 is 69.9 Å². The topological polar surface area (TPSA) is 362 Å². The summed E-state index contributed by atoms with van der Waals surface area (Å²) in [6.45, 7) is 0.316. The SMILES string of the molecule is Cn1cc(NC(=O)c2cc(NC(=O)c3cc(NC(=O)c4ccc(C(=O)Nc5cn(C)c(C(=O)Nc6cn(C)c(C(=O)Nc7cn(C)c(C(=O)NCCC#N)n7)n6)n5)nc4)cn3C)cn2C)cc1C(=O)NCCC#N. The van der Waals surface area contributed by atoms with E-state index in [9.17, 15) is 38.4 Å². The highest BCUT2D eigenvalue weighted by atomic mass is 16.2. The van der Waals surface area contributed by atoms with Gasteiger partial charge >= 0.3 is 0 Å². The van der Waals surface area contributed by atoms with Crippen molar-refractivity contribution in [1.29, 1.82) is 10.5 Å². The largest absolute Gasteiger partial charge is 0.350 e. The zero-order valence-electron chi connectivity index (χ0n) is 40.4. The molecule has 28 nitrogen and oxygen atoms in total. The number of amides is 8. The second kappa shape index (κ2) is 22.0. The summed E-state index contributed by atoms with van der Waals surface area (Å²) in [4.78, 5) is 121. The Bertz CT molecular complexity index is 3230. The van der Waals surface area contributed by atoms with Gasteiger partial charge in [-0.1, -0.05) is 0 Å². The van der Waals surface area contributed by atoms with Gasteiger partial charge in [0.05, 0.1) is 47.6 Å². The molecule has 28 heteroatoms. The number of aromatic nitrogens is 10. The van der Waals surface area contributed by atoms with Gasteiger partial charge in [-0.25, -0.2) is 15.0 Å². The third-order valence-corrected chi connectivity index (χ3v) is 10.8. The van der Waals surface area contributed by atoms with Crippen LogP contribution >= 0.6 is 0 Å². The van der Waals surface area contributed by atoms with Gasteiger partial charge in [-0.15, -0.1) is 0 Å². The Morgan fingerprint density at radius 3 is 1.23 bits per heavy atom. The second-order valence-corrected chi connectivity index (χ2v) is 16.3. The van der Waals surface area contributed by atoms with Crippen molar-refractivity contribution in [2.45, 2.75) is 12.8 Å². The first-order chi connectivity index (χ1) is 35.3. The average molecular weight is 1010 g/mol. The predicted molar refractivity (Wildman–Crippen MR) is 263 cm³/mol. The van der Waals surface area contributed by atoms with Gasteiger partial charge in [-0.3, -0.25) is 43.3 Å². The van der Waals surface area contributed by atoms with Crippen LogP contribution in [0.4, 0.5) is 34.5 Å². The van der Waals surface area contributed by atoms with Crippen molar-refractivity contribution in [1.82, 2.24) is 58.0 Å². The van der Waals surface area contributed by atoms with Crippen LogP contribution in [0, 0.1) is 22.7 Å². The molecule has 0 saturated carbocycles. The van der Waals surface area contributed by atoms with Crippen molar-refractivity contribution in [3.63, 3.8) is 0 Å². The molecule has 0 aliphatic carbocycles. The molecule has 0 aromatic carbocycles. The lowest BCUT2D eigenvalue weighted by molar-refractivity contribution is 0.0935. The Kier molecular flexibility index (Phi) is 15.2. The number of carbonyl (C=O) groups is 8. The van der Waals surface area contributed by atoms with E-state index in [1.54, 1.807) is 40.6 Å². The van der Waals surface area contributed by atoms with Crippen molar-refractivity contribution < 1.29 is 38.4 Å². The quantitative estimate of drug-likeness (QED) is 0.0571. The minimum atomic E-state index is -0.721. The molecule has 0 fully saturated rings. The molecule has 8 N–H and O–H groups in total. The molecular formula is C46H46N20O8. The van der Waals surface area contributed by atoms with E-state index in [2.05, 4.69) is 62.5 Å². The maximum Gasteiger partial charge on any atom is 0.292 e. The maximum absolute atomic E-state index is 13.4. The van der Waals surface area contributed by atoms with E-state index in [1.165, 1.54) is 103 Å². The molecule has 74 heavy (non-hydrogen) atoms. The van der Waals surface area contributed by atoms with Crippen LogP contribution in [-0.2, 0) is 42.3 Å². The molecule has 0 bridgehead atoms. The van der Waals surface area contributed by atoms with Crippen LogP contribution in [0.1, 0.15) is 97.0 Å². The summed E-state index contributed by atoms with van der Waals surface area (Å²) in [5.41, 5.74) is 1.60. The number of nitrogens with one attached hydrogen (secondary N) is 8. The normalized spacial score (nSPS) is 10.6. The van der Waals surface area contributed by atoms with E-state index in [4.69, 9.17) is 10.5 Å². The van der Waals surface area contributed by atoms with Crippen LogP contribution in [0.2, 0.25) is 0 Å². The van der Waals surface area contributed by atoms with Crippen molar-refractivity contribution in [2.75, 3.05) is 45.0 Å². The molecule has 8 amide bonds. The molecule has 378 valence electrons. The van der Waals surface area contributed by atoms with Crippen LogP contribution in [-0.4, -0.2) is 108 Å². The number of aryl methyl sites for hydroxylation is 6. The van der Waals surface area contributed by atoms with Crippen molar-refractivity contribution in [3.8, 4) is 12.1 Å². The van der Waals surface area contributed by atoms with Gasteiger partial charge in [-0.2, -0.15) is 10.5 Å². The third kappa shape index (κ3) is 11.8. The van der Waals surface area contributed by atoms with Crippen molar-refractivity contribution >= 4 is 81.8 Å². The number of nitriles is 2. The Hall–Kier alpha value is -10.6. The molecule has 0 saturated heterocycles. The monoisotopic (exact) mass is 1010 g/mol. The fourth-order valence-electron chi connectivity index (χ4n) is 7.20. The third-order valence-electron chi connectivity index (χ3n) is 10.8. The number of nitrogens with zero attached hydrogens (tertiary/aromatic N) is 12. The number of anilines is 6. The number of carbonyl (C=O) groups excluding carboxylic acids is 8. The molecule has 7 aromatic heterocycles. The summed E-state index contributed by atoms with van der Waals surface area (Å²) in [5.74, 6) is -4.84. The van der Waals surface area contributed by atoms with Crippen LogP contribution < -0.4 is 42.5 Å². The Morgan fingerprint density at radius 2 is 0.824 bits per heavy atom. The predicted octanol–water partition coefficient (Wildman–Crippen LogP) is 2.10. The molecule has 0 atom stereocenters. The minimum Gasteiger partial charge on any atom is -0.350 e. The van der Waals surface area contributed by atoms with Gasteiger partial charge in [0.2, 0.25) is 17.5 Å². The maximum atomic E-state index is 13.4. The average Bonchev–Trinajstić information content (AvgIpc) is 4.22. The second-order valence-electron chi connectivity index (χ2n) is 16.3. The Balaban J connectivity index is 0.896. The summed E-state index contributed by atoms with van der Waals surface area (Å²) in [7, 11) is 9.48. The molecular weight excluding hydrogens is 961 g/mol. The van der Waals surface area contributed by atoms with Crippen LogP contribution in [0.15, 0.2) is 73.7 Å². The number of pyridine rings is 1. The van der Waals surface area contributed by atoms with Crippen LogP contribution in [0.25, 0.3) is 0 Å². The highest BCUT2D eigenvalue weighted by molar-refractivity contribution is 6.10. The fourth-order valence-corrected chi connectivity index (χ4v) is 7.20. The molecule has 0 aliphatic heterocycles. The zero-order chi connectivity index (χ0) is 53.4. The lowest BCUT2D eigenvalue weighted by Crippen LogP contribution is -2.27. The number of rotatable bonds is 18. The molecule has 7 heterocycles. The minimum absolute atomic E-state index is 0.00135. The highest BCUT2D eigenvalue weighted by Gasteiger charge is 2.23. The molecule has 0 spiro atoms. The van der Waals surface area contributed by atoms with Crippen LogP contribution in [0.3, 0.4) is 0 Å². The highest BCUT2D eigenvalue weighted by Crippen LogP contribution is 2.21. The van der Waals surface area contributed by atoms with E-state index in [1.807, 2.05) is 12.1 Å². The standard InChI is InChI=1S/C46H46N20O8/c1-61-20-27(15-30(61)41(69)49-13-7-11-47)53-43(71)32-17-28(21-63(32)3)54-42(70)31-16-26(19-62(31)2)52-39(67)25-9-10-29(51-18-25)40(68)58-33-22-65(5)37(56-33)45(73)60-35-24-66(6)38(57-35)46(74)59-34-23-64(4)36(55-34)44(72)50-14-8-12-48/h9-10,15-24H,7-8,13-14H2,1-6H3,(H,49,69)(H,50,72)(H,52,67)(H,53,71)(H,54,70)(H,58,68)(H,59,74)(H,60,73). The molecule has 0 radical (unpaired) electrons. The van der Waals surface area contributed by atoms with E-state index in [0.717, 1.165) is 0 Å². The summed E-state index contributed by atoms with van der Waals surface area (Å²) in [6.07, 6.45) is 10.3. The van der Waals surface area contributed by atoms with Crippen molar-refractivity contribution in [2.24, 2.45) is 42.3 Å². The van der Waals surface area contributed by atoms with Crippen LogP contribution in [0.5, 0.6) is 0 Å². The van der Waals surface area contributed by atoms with Gasteiger partial charge in [-0.05, 0) is 30.3 Å². The van der Waals surface area contributed by atoms with E-state index in [0.29, 0.717) is 11.4 Å². The van der Waals surface area contributed by atoms with Crippen molar-refractivity contribution in [3.05, 3.63) is 120 Å². The summed E-state index contributed by atoms with van der Waals surface area (Å²) in [5, 5.41) is 38.5. The lowest BCUT2D eigenvalue weighted by atomic mass is 10.2. The summed E-state index contributed by atoms with van der Waals surface area (Å²) < 4.78 is 8.67. The van der Waals surface area contributed by atoms with Gasteiger partial charge in [0, 0.05) is 98.8 Å². The van der Waals surface area contributed by atoms with E-state index in [-0.39, 0.29) is 94.9 Å². The van der Waals surface area contributed by atoms with Gasteiger partial charge in [0.25, 0.3) is 47.3 Å². The Morgan fingerprint density at radius 1 is 0.446 bits per heavy atom. The Labute approximate surface area is 419 Å². The summed E-state index contributed by atoms with van der Waals surface area (Å²) >= 11 is 0. The van der Waals surface area contributed by atoms with Gasteiger partial charge in [0.15, 0.2) is 17.5 Å². The summed E-state index contributed by atoms with van der Waals surface area (Å²) in [6, 6.07) is 11.0. The fraction of sp³-hybridized carbons (Fsp3) is 0.217. The van der Waals surface area contributed by atoms with E-state index < -0.39 is 47.3 Å². The van der Waals surface area contributed by atoms with Gasteiger partial charge in [0.1, 0.15) is 22.8 Å². The molecule has 0 unspecified atom stereocenters. The zero-order valence-corrected chi connectivity index (χ0v) is 40.4. The smallest absolute Gasteiger partial charge is 0.292 e. The first-order valence-corrected chi connectivity index (χ1v) is 22.1. The molecule has 0 aliphatic rings. The first kappa shape index (κ1) is 51.2. The van der Waals surface area contributed by atoms with E-state index >= 15 is 0 Å². The first-order valence-electron chi connectivity index (χ1n) is 22.1.